The Hall–Kier alpha value is -1.79. The molecule has 0 bridgehead atoms. The highest BCUT2D eigenvalue weighted by atomic mass is 19.3. The molecule has 0 aliphatic rings. The van der Waals surface area contributed by atoms with Gasteiger partial charge in [0.05, 0.1) is 0 Å². The summed E-state index contributed by atoms with van der Waals surface area (Å²) in [6.45, 7) is 1.80. The minimum Gasteiger partial charge on any atom is -0.480 e. The molecule has 94 valence electrons. The molecule has 0 saturated heterocycles. The molecule has 0 radical (unpaired) electrons. The lowest BCUT2D eigenvalue weighted by Gasteiger charge is -2.22. The summed E-state index contributed by atoms with van der Waals surface area (Å²) in [4.78, 5) is 19.3. The first-order valence-electron chi connectivity index (χ1n) is 5.12. The Morgan fingerprint density at radius 3 is 2.65 bits per heavy atom. The van der Waals surface area contributed by atoms with E-state index in [-0.39, 0.29) is 12.4 Å². The third-order valence-electron chi connectivity index (χ3n) is 2.03. The van der Waals surface area contributed by atoms with Gasteiger partial charge in [-0.15, -0.1) is 0 Å². The largest absolute Gasteiger partial charge is 0.480 e. The molecule has 17 heavy (non-hydrogen) atoms. The molecule has 0 unspecified atom stereocenters. The van der Waals surface area contributed by atoms with E-state index in [4.69, 9.17) is 5.11 Å². The van der Waals surface area contributed by atoms with Gasteiger partial charge < -0.3 is 10.0 Å². The van der Waals surface area contributed by atoms with Crippen molar-refractivity contribution in [2.75, 3.05) is 18.0 Å². The van der Waals surface area contributed by atoms with Crippen LogP contribution in [0.2, 0.25) is 0 Å². The molecule has 1 rings (SSSR count). The summed E-state index contributed by atoms with van der Waals surface area (Å²) in [6.07, 6.45) is 0.292. The van der Waals surface area contributed by atoms with Gasteiger partial charge in [0.1, 0.15) is 12.2 Å². The van der Waals surface area contributed by atoms with E-state index < -0.39 is 18.1 Å². The molecule has 0 aromatic carbocycles. The summed E-state index contributed by atoms with van der Waals surface area (Å²) in [5.74, 6) is -1.16. The molecule has 1 aromatic rings. The van der Waals surface area contributed by atoms with Gasteiger partial charge >= 0.3 is 5.97 Å². The van der Waals surface area contributed by atoms with Crippen LogP contribution in [0.3, 0.4) is 0 Å². The Kier molecular flexibility index (Phi) is 4.74. The van der Waals surface area contributed by atoms with E-state index in [0.717, 1.165) is 6.20 Å². The molecule has 1 aromatic heterocycles. The first kappa shape index (κ1) is 13.3. The predicted octanol–water partition coefficient (Wildman–Crippen LogP) is 1.72. The zero-order valence-electron chi connectivity index (χ0n) is 9.31. The van der Waals surface area contributed by atoms with Gasteiger partial charge in [-0.25, -0.2) is 18.7 Å². The SMILES string of the molecule is CCCN(CC(=O)O)c1nccnc1C(F)F. The van der Waals surface area contributed by atoms with Crippen molar-refractivity contribution in [1.29, 1.82) is 0 Å². The second-order valence-corrected chi connectivity index (χ2v) is 3.38. The van der Waals surface area contributed by atoms with E-state index in [9.17, 15) is 13.6 Å². The number of carboxylic acids is 1. The number of anilines is 1. The van der Waals surface area contributed by atoms with Crippen molar-refractivity contribution in [1.82, 2.24) is 9.97 Å². The maximum atomic E-state index is 12.7. The topological polar surface area (TPSA) is 66.3 Å². The monoisotopic (exact) mass is 245 g/mol. The second kappa shape index (κ2) is 6.07. The molecule has 0 aliphatic heterocycles. The Bertz CT molecular complexity index is 388. The summed E-state index contributed by atoms with van der Waals surface area (Å²) < 4.78 is 25.4. The van der Waals surface area contributed by atoms with E-state index in [2.05, 4.69) is 9.97 Å². The smallest absolute Gasteiger partial charge is 0.323 e. The number of aromatic nitrogens is 2. The molecule has 0 saturated carbocycles. The molecular formula is C10H13F2N3O2. The van der Waals surface area contributed by atoms with Crippen molar-refractivity contribution >= 4 is 11.8 Å². The average Bonchev–Trinajstić information content (AvgIpc) is 2.28. The number of hydrogen-bond donors (Lipinski definition) is 1. The number of rotatable bonds is 6. The normalized spacial score (nSPS) is 10.6. The fourth-order valence-corrected chi connectivity index (χ4v) is 1.43. The number of hydrogen-bond acceptors (Lipinski definition) is 4. The van der Waals surface area contributed by atoms with E-state index in [1.54, 1.807) is 0 Å². The second-order valence-electron chi connectivity index (χ2n) is 3.38. The summed E-state index contributed by atoms with van der Waals surface area (Å²) >= 11 is 0. The van der Waals surface area contributed by atoms with Gasteiger partial charge in [-0.3, -0.25) is 4.79 Å². The van der Waals surface area contributed by atoms with Gasteiger partial charge in [-0.1, -0.05) is 6.92 Å². The van der Waals surface area contributed by atoms with Crippen molar-refractivity contribution in [2.45, 2.75) is 19.8 Å². The summed E-state index contributed by atoms with van der Waals surface area (Å²) in [7, 11) is 0. The summed E-state index contributed by atoms with van der Waals surface area (Å²) in [5, 5.41) is 8.72. The number of nitrogens with zero attached hydrogens (tertiary/aromatic N) is 3. The highest BCUT2D eigenvalue weighted by Crippen LogP contribution is 2.25. The molecule has 7 heteroatoms. The summed E-state index contributed by atoms with van der Waals surface area (Å²) in [5.41, 5.74) is -0.484. The van der Waals surface area contributed by atoms with E-state index in [0.29, 0.717) is 13.0 Å². The van der Waals surface area contributed by atoms with Crippen LogP contribution < -0.4 is 4.90 Å². The van der Waals surface area contributed by atoms with Crippen LogP contribution in [-0.4, -0.2) is 34.1 Å². The third-order valence-corrected chi connectivity index (χ3v) is 2.03. The van der Waals surface area contributed by atoms with Gasteiger partial charge in [0.2, 0.25) is 0 Å². The quantitative estimate of drug-likeness (QED) is 0.826. The maximum Gasteiger partial charge on any atom is 0.323 e. The van der Waals surface area contributed by atoms with Crippen LogP contribution in [0.1, 0.15) is 25.5 Å². The average molecular weight is 245 g/mol. The zero-order chi connectivity index (χ0) is 12.8. The third kappa shape index (κ3) is 3.61. The lowest BCUT2D eigenvalue weighted by molar-refractivity contribution is -0.135. The first-order valence-corrected chi connectivity index (χ1v) is 5.12. The number of alkyl halides is 2. The number of aliphatic carboxylic acids is 1. The number of halogens is 2. The van der Waals surface area contributed by atoms with E-state index in [1.807, 2.05) is 6.92 Å². The highest BCUT2D eigenvalue weighted by molar-refractivity contribution is 5.73. The molecule has 0 atom stereocenters. The van der Waals surface area contributed by atoms with Crippen LogP contribution in [-0.2, 0) is 4.79 Å². The molecule has 0 fully saturated rings. The molecule has 1 N–H and O–H groups in total. The molecule has 0 spiro atoms. The van der Waals surface area contributed by atoms with Crippen LogP contribution in [0, 0.1) is 0 Å². The first-order chi connectivity index (χ1) is 8.06. The Balaban J connectivity index is 3.03. The number of carbonyl (C=O) groups is 1. The minimum atomic E-state index is -2.77. The fraction of sp³-hybridized carbons (Fsp3) is 0.500. The predicted molar refractivity (Wildman–Crippen MR) is 57.1 cm³/mol. The van der Waals surface area contributed by atoms with Crippen molar-refractivity contribution in [3.05, 3.63) is 18.1 Å². The lowest BCUT2D eigenvalue weighted by atomic mass is 10.3. The highest BCUT2D eigenvalue weighted by Gasteiger charge is 2.21. The van der Waals surface area contributed by atoms with Gasteiger partial charge in [-0.05, 0) is 6.42 Å². The Morgan fingerprint density at radius 1 is 1.47 bits per heavy atom. The van der Waals surface area contributed by atoms with Crippen molar-refractivity contribution in [2.24, 2.45) is 0 Å². The minimum absolute atomic E-state index is 0.0632. The molecular weight excluding hydrogens is 232 g/mol. The van der Waals surface area contributed by atoms with Gasteiger partial charge in [0.25, 0.3) is 6.43 Å². The van der Waals surface area contributed by atoms with Gasteiger partial charge in [0, 0.05) is 18.9 Å². The van der Waals surface area contributed by atoms with Crippen LogP contribution in [0.4, 0.5) is 14.6 Å². The molecule has 1 heterocycles. The van der Waals surface area contributed by atoms with Crippen LogP contribution in [0.5, 0.6) is 0 Å². The Labute approximate surface area is 97.1 Å². The van der Waals surface area contributed by atoms with Gasteiger partial charge in [0.15, 0.2) is 5.82 Å². The van der Waals surface area contributed by atoms with Crippen molar-refractivity contribution < 1.29 is 18.7 Å². The van der Waals surface area contributed by atoms with Crippen molar-refractivity contribution in [3.63, 3.8) is 0 Å². The fourth-order valence-electron chi connectivity index (χ4n) is 1.43. The van der Waals surface area contributed by atoms with E-state index in [1.165, 1.54) is 11.1 Å². The maximum absolute atomic E-state index is 12.7. The molecule has 0 aliphatic carbocycles. The lowest BCUT2D eigenvalue weighted by Crippen LogP contribution is -2.32. The van der Waals surface area contributed by atoms with Crippen molar-refractivity contribution in [3.8, 4) is 0 Å². The molecule has 5 nitrogen and oxygen atoms in total. The molecule has 0 amide bonds. The van der Waals surface area contributed by atoms with Crippen LogP contribution in [0.15, 0.2) is 12.4 Å². The van der Waals surface area contributed by atoms with Crippen LogP contribution >= 0.6 is 0 Å². The summed E-state index contributed by atoms with van der Waals surface area (Å²) in [6, 6.07) is 0. The number of carboxylic acid groups (broad SMARTS) is 1. The Morgan fingerprint density at radius 2 is 2.12 bits per heavy atom. The van der Waals surface area contributed by atoms with Crippen LogP contribution in [0.25, 0.3) is 0 Å². The van der Waals surface area contributed by atoms with Gasteiger partial charge in [-0.2, -0.15) is 0 Å². The zero-order valence-corrected chi connectivity index (χ0v) is 9.31. The standard InChI is InChI=1S/C10H13F2N3O2/c1-2-5-15(6-7(16)17)10-8(9(11)12)13-3-4-14-10/h3-4,9H,2,5-6H2,1H3,(H,16,17). The van der Waals surface area contributed by atoms with E-state index >= 15 is 0 Å².